The number of benzene rings is 1. The molecule has 2 N–H and O–H groups in total. The molecule has 18 heavy (non-hydrogen) atoms. The SMILES string of the molecule is CCc1cccc(Oc2ccc([C@@H](C)N)nc2)c1. The van der Waals surface area contributed by atoms with E-state index < -0.39 is 0 Å². The van der Waals surface area contributed by atoms with E-state index in [2.05, 4.69) is 18.0 Å². The van der Waals surface area contributed by atoms with E-state index in [0.717, 1.165) is 23.6 Å². The third kappa shape index (κ3) is 3.08. The van der Waals surface area contributed by atoms with Crippen molar-refractivity contribution in [3.05, 3.63) is 53.9 Å². The maximum Gasteiger partial charge on any atom is 0.145 e. The minimum Gasteiger partial charge on any atom is -0.456 e. The van der Waals surface area contributed by atoms with Crippen molar-refractivity contribution in [3.8, 4) is 11.5 Å². The fraction of sp³-hybridized carbons (Fsp3) is 0.267. The van der Waals surface area contributed by atoms with Crippen molar-refractivity contribution in [2.75, 3.05) is 0 Å². The number of ether oxygens (including phenoxy) is 1. The molecular formula is C15H18N2O. The summed E-state index contributed by atoms with van der Waals surface area (Å²) in [6.07, 6.45) is 2.70. The maximum absolute atomic E-state index is 5.75. The molecule has 0 unspecified atom stereocenters. The van der Waals surface area contributed by atoms with Gasteiger partial charge in [0.05, 0.1) is 11.9 Å². The molecule has 0 radical (unpaired) electrons. The van der Waals surface area contributed by atoms with Gasteiger partial charge in [0.2, 0.25) is 0 Å². The summed E-state index contributed by atoms with van der Waals surface area (Å²) in [5, 5.41) is 0. The van der Waals surface area contributed by atoms with E-state index in [1.165, 1.54) is 5.56 Å². The van der Waals surface area contributed by atoms with Crippen LogP contribution in [0.15, 0.2) is 42.6 Å². The minimum absolute atomic E-state index is 0.0533. The Morgan fingerprint density at radius 1 is 1.22 bits per heavy atom. The lowest BCUT2D eigenvalue weighted by molar-refractivity contribution is 0.478. The van der Waals surface area contributed by atoms with E-state index in [9.17, 15) is 0 Å². The summed E-state index contributed by atoms with van der Waals surface area (Å²) < 4.78 is 5.75. The Hall–Kier alpha value is -1.87. The van der Waals surface area contributed by atoms with E-state index >= 15 is 0 Å². The molecule has 1 heterocycles. The Morgan fingerprint density at radius 2 is 2.06 bits per heavy atom. The largest absolute Gasteiger partial charge is 0.456 e. The van der Waals surface area contributed by atoms with Crippen molar-refractivity contribution in [3.63, 3.8) is 0 Å². The van der Waals surface area contributed by atoms with Gasteiger partial charge in [0.1, 0.15) is 11.5 Å². The molecule has 1 atom stereocenters. The van der Waals surface area contributed by atoms with E-state index in [-0.39, 0.29) is 6.04 Å². The van der Waals surface area contributed by atoms with Crippen LogP contribution in [0.4, 0.5) is 0 Å². The predicted octanol–water partition coefficient (Wildman–Crippen LogP) is 3.46. The van der Waals surface area contributed by atoms with Gasteiger partial charge in [-0.2, -0.15) is 0 Å². The number of hydrogen-bond acceptors (Lipinski definition) is 3. The number of aryl methyl sites for hydroxylation is 1. The average molecular weight is 242 g/mol. The highest BCUT2D eigenvalue weighted by molar-refractivity contribution is 5.33. The number of nitrogens with zero attached hydrogens (tertiary/aromatic N) is 1. The van der Waals surface area contributed by atoms with Gasteiger partial charge in [-0.05, 0) is 43.2 Å². The van der Waals surface area contributed by atoms with Gasteiger partial charge in [-0.3, -0.25) is 4.98 Å². The zero-order valence-corrected chi connectivity index (χ0v) is 10.8. The molecule has 3 heteroatoms. The number of aromatic nitrogens is 1. The van der Waals surface area contributed by atoms with Gasteiger partial charge in [0.25, 0.3) is 0 Å². The lowest BCUT2D eigenvalue weighted by Crippen LogP contribution is -2.06. The van der Waals surface area contributed by atoms with Crippen LogP contribution in [0.25, 0.3) is 0 Å². The molecule has 1 aromatic heterocycles. The van der Waals surface area contributed by atoms with Crippen LogP contribution in [-0.4, -0.2) is 4.98 Å². The monoisotopic (exact) mass is 242 g/mol. The number of hydrogen-bond donors (Lipinski definition) is 1. The molecule has 0 aliphatic rings. The first-order valence-corrected chi connectivity index (χ1v) is 6.17. The smallest absolute Gasteiger partial charge is 0.145 e. The zero-order valence-electron chi connectivity index (χ0n) is 10.8. The first kappa shape index (κ1) is 12.6. The first-order valence-electron chi connectivity index (χ1n) is 6.17. The Morgan fingerprint density at radius 3 is 2.67 bits per heavy atom. The summed E-state index contributed by atoms with van der Waals surface area (Å²) in [7, 11) is 0. The first-order chi connectivity index (χ1) is 8.69. The van der Waals surface area contributed by atoms with Crippen molar-refractivity contribution in [1.29, 1.82) is 0 Å². The molecule has 0 amide bonds. The molecular weight excluding hydrogens is 224 g/mol. The average Bonchev–Trinajstić information content (AvgIpc) is 2.39. The predicted molar refractivity (Wildman–Crippen MR) is 72.7 cm³/mol. The molecule has 0 spiro atoms. The van der Waals surface area contributed by atoms with Gasteiger partial charge in [-0.1, -0.05) is 19.1 Å². The van der Waals surface area contributed by atoms with E-state index in [1.807, 2.05) is 37.3 Å². The number of rotatable bonds is 4. The summed E-state index contributed by atoms with van der Waals surface area (Å²) >= 11 is 0. The van der Waals surface area contributed by atoms with E-state index in [0.29, 0.717) is 0 Å². The van der Waals surface area contributed by atoms with Crippen LogP contribution in [0, 0.1) is 0 Å². The standard InChI is InChI=1S/C15H18N2O/c1-3-12-5-4-6-13(9-12)18-14-7-8-15(11(2)16)17-10-14/h4-11H,3,16H2,1-2H3/t11-/m1/s1. The van der Waals surface area contributed by atoms with Crippen LogP contribution >= 0.6 is 0 Å². The second-order valence-electron chi connectivity index (χ2n) is 4.31. The molecule has 0 saturated carbocycles. The lowest BCUT2D eigenvalue weighted by Gasteiger charge is -2.08. The molecule has 1 aromatic carbocycles. The fourth-order valence-corrected chi connectivity index (χ4v) is 1.69. The van der Waals surface area contributed by atoms with Gasteiger partial charge in [0.15, 0.2) is 0 Å². The van der Waals surface area contributed by atoms with Crippen LogP contribution in [0.3, 0.4) is 0 Å². The van der Waals surface area contributed by atoms with Gasteiger partial charge >= 0.3 is 0 Å². The van der Waals surface area contributed by atoms with Crippen LogP contribution in [0.5, 0.6) is 11.5 Å². The van der Waals surface area contributed by atoms with Crippen molar-refractivity contribution < 1.29 is 4.74 Å². The molecule has 0 fully saturated rings. The van der Waals surface area contributed by atoms with Crippen molar-refractivity contribution in [2.45, 2.75) is 26.3 Å². The summed E-state index contributed by atoms with van der Waals surface area (Å²) in [6, 6.07) is 11.8. The molecule has 94 valence electrons. The van der Waals surface area contributed by atoms with Crippen LogP contribution < -0.4 is 10.5 Å². The topological polar surface area (TPSA) is 48.1 Å². The van der Waals surface area contributed by atoms with Crippen LogP contribution in [0.1, 0.15) is 31.1 Å². The molecule has 0 aliphatic carbocycles. The molecule has 0 aliphatic heterocycles. The van der Waals surface area contributed by atoms with Crippen molar-refractivity contribution in [1.82, 2.24) is 4.98 Å². The van der Waals surface area contributed by atoms with Gasteiger partial charge in [0, 0.05) is 6.04 Å². The lowest BCUT2D eigenvalue weighted by atomic mass is 10.2. The Balaban J connectivity index is 2.13. The third-order valence-corrected chi connectivity index (χ3v) is 2.77. The van der Waals surface area contributed by atoms with Crippen molar-refractivity contribution >= 4 is 0 Å². The molecule has 2 rings (SSSR count). The Labute approximate surface area is 108 Å². The highest BCUT2D eigenvalue weighted by atomic mass is 16.5. The normalized spacial score (nSPS) is 12.2. The highest BCUT2D eigenvalue weighted by Crippen LogP contribution is 2.22. The van der Waals surface area contributed by atoms with Gasteiger partial charge in [-0.25, -0.2) is 0 Å². The Kier molecular flexibility index (Phi) is 3.95. The van der Waals surface area contributed by atoms with Crippen LogP contribution in [0.2, 0.25) is 0 Å². The second-order valence-corrected chi connectivity index (χ2v) is 4.31. The highest BCUT2D eigenvalue weighted by Gasteiger charge is 2.02. The number of nitrogens with two attached hydrogens (primary N) is 1. The molecule has 2 aromatic rings. The van der Waals surface area contributed by atoms with E-state index in [4.69, 9.17) is 10.5 Å². The van der Waals surface area contributed by atoms with Crippen molar-refractivity contribution in [2.24, 2.45) is 5.73 Å². The molecule has 0 saturated heterocycles. The fourth-order valence-electron chi connectivity index (χ4n) is 1.69. The number of pyridine rings is 1. The summed E-state index contributed by atoms with van der Waals surface area (Å²) in [4.78, 5) is 4.27. The maximum atomic E-state index is 5.75. The summed E-state index contributed by atoms with van der Waals surface area (Å²) in [6.45, 7) is 4.03. The van der Waals surface area contributed by atoms with Gasteiger partial charge < -0.3 is 10.5 Å². The summed E-state index contributed by atoms with van der Waals surface area (Å²) in [5.74, 6) is 1.57. The quantitative estimate of drug-likeness (QED) is 0.893. The molecule has 0 bridgehead atoms. The van der Waals surface area contributed by atoms with Gasteiger partial charge in [-0.15, -0.1) is 0 Å². The third-order valence-electron chi connectivity index (χ3n) is 2.77. The molecule has 3 nitrogen and oxygen atoms in total. The second kappa shape index (κ2) is 5.65. The summed E-state index contributed by atoms with van der Waals surface area (Å²) in [5.41, 5.74) is 7.87. The zero-order chi connectivity index (χ0) is 13.0. The van der Waals surface area contributed by atoms with E-state index in [1.54, 1.807) is 6.20 Å². The Bertz CT molecular complexity index is 506. The minimum atomic E-state index is -0.0533. The van der Waals surface area contributed by atoms with Crippen LogP contribution in [-0.2, 0) is 6.42 Å².